The molecule has 296 valence electrons. The predicted molar refractivity (Wildman–Crippen MR) is 242 cm³/mol. The molecule has 2 atom stereocenters. The average molecular weight is 776 g/mol. The lowest BCUT2D eigenvalue weighted by Crippen LogP contribution is -2.54. The van der Waals surface area contributed by atoms with E-state index in [0.29, 0.717) is 17.8 Å². The largest absolute Gasteiger partial charge is 0.438 e. The Hall–Kier alpha value is -4.35. The molecule has 0 amide bonds. The van der Waals surface area contributed by atoms with Gasteiger partial charge in [-0.3, -0.25) is 0 Å². The summed E-state index contributed by atoms with van der Waals surface area (Å²) in [6.07, 6.45) is 13.2. The zero-order valence-corrected chi connectivity index (χ0v) is 37.4. The fourth-order valence-electron chi connectivity index (χ4n) is 10.2. The average Bonchev–Trinajstić information content (AvgIpc) is 3.55. The van der Waals surface area contributed by atoms with Gasteiger partial charge in [0.2, 0.25) is 17.1 Å². The fourth-order valence-corrected chi connectivity index (χ4v) is 11.9. The molecular formula is C52H65N3OSi+2. The van der Waals surface area contributed by atoms with Crippen molar-refractivity contribution in [2.45, 2.75) is 143 Å². The van der Waals surface area contributed by atoms with Crippen LogP contribution in [0, 0.1) is 5.92 Å². The van der Waals surface area contributed by atoms with Gasteiger partial charge in [-0.15, -0.1) is 0 Å². The molecule has 0 fully saturated rings. The number of hydrogen-bond acceptors (Lipinski definition) is 2. The quantitative estimate of drug-likeness (QED) is 0.108. The van der Waals surface area contributed by atoms with E-state index in [2.05, 4.69) is 156 Å². The van der Waals surface area contributed by atoms with Crippen molar-refractivity contribution in [3.05, 3.63) is 114 Å². The number of benzene rings is 2. The number of aryl methyl sites for hydroxylation is 1. The van der Waals surface area contributed by atoms with Gasteiger partial charge in [-0.05, 0) is 115 Å². The Morgan fingerprint density at radius 3 is 2.35 bits per heavy atom. The summed E-state index contributed by atoms with van der Waals surface area (Å²) in [7, 11) is -1.67. The molecule has 57 heavy (non-hydrogen) atoms. The summed E-state index contributed by atoms with van der Waals surface area (Å²) in [6, 6.07) is 26.2. The lowest BCUT2D eigenvalue weighted by atomic mass is 9.76. The van der Waals surface area contributed by atoms with Crippen molar-refractivity contribution in [3.63, 3.8) is 0 Å². The lowest BCUT2D eigenvalue weighted by Gasteiger charge is -2.33. The van der Waals surface area contributed by atoms with Crippen LogP contribution >= 0.6 is 0 Å². The molecule has 8 rings (SSSR count). The van der Waals surface area contributed by atoms with Crippen LogP contribution in [0.5, 0.6) is 0 Å². The van der Waals surface area contributed by atoms with E-state index < -0.39 is 8.07 Å². The second kappa shape index (κ2) is 15.1. The SMILES string of the molecule is C=C1CC2C(CCc3cc4oc5nc(C(CC)CC)ccc5c4cc3-c3cc(C(C)(CC)CC)cc[n+]31)c1ccccc1-c1cc(CC(C)C)c([Si](C)(C)C)c[n+]12. The molecule has 5 heteroatoms. The van der Waals surface area contributed by atoms with Crippen molar-refractivity contribution in [3.8, 4) is 22.5 Å². The Balaban J connectivity index is 1.36. The normalized spacial score (nSPS) is 17.1. The Morgan fingerprint density at radius 2 is 1.65 bits per heavy atom. The highest BCUT2D eigenvalue weighted by atomic mass is 28.3. The number of rotatable bonds is 9. The van der Waals surface area contributed by atoms with E-state index >= 15 is 0 Å². The highest BCUT2D eigenvalue weighted by molar-refractivity contribution is 6.89. The summed E-state index contributed by atoms with van der Waals surface area (Å²) in [5.74, 6) is 1.37. The van der Waals surface area contributed by atoms with Crippen LogP contribution in [0.4, 0.5) is 0 Å². The second-order valence-electron chi connectivity index (χ2n) is 19.1. The number of fused-ring (bicyclic) bond motifs is 12. The number of pyridine rings is 3. The first kappa shape index (κ1) is 39.5. The van der Waals surface area contributed by atoms with Crippen molar-refractivity contribution >= 4 is 41.0 Å². The van der Waals surface area contributed by atoms with E-state index in [1.165, 1.54) is 44.8 Å². The van der Waals surface area contributed by atoms with E-state index in [4.69, 9.17) is 16.0 Å². The van der Waals surface area contributed by atoms with Gasteiger partial charge in [-0.1, -0.05) is 86.3 Å². The van der Waals surface area contributed by atoms with E-state index in [-0.39, 0.29) is 11.5 Å². The van der Waals surface area contributed by atoms with Gasteiger partial charge < -0.3 is 4.42 Å². The number of furan rings is 1. The van der Waals surface area contributed by atoms with Crippen LogP contribution in [0.1, 0.15) is 133 Å². The van der Waals surface area contributed by atoms with Gasteiger partial charge in [0.1, 0.15) is 5.58 Å². The molecule has 2 aliphatic heterocycles. The predicted octanol–water partition coefficient (Wildman–Crippen LogP) is 12.8. The van der Waals surface area contributed by atoms with Gasteiger partial charge in [-0.25, -0.2) is 4.98 Å². The van der Waals surface area contributed by atoms with Crippen molar-refractivity contribution in [2.75, 3.05) is 0 Å². The third-order valence-corrected chi connectivity index (χ3v) is 16.2. The van der Waals surface area contributed by atoms with Crippen LogP contribution in [0.25, 0.3) is 50.3 Å². The van der Waals surface area contributed by atoms with Crippen LogP contribution in [0.3, 0.4) is 0 Å². The zero-order valence-electron chi connectivity index (χ0n) is 36.4. The van der Waals surface area contributed by atoms with Crippen LogP contribution in [-0.2, 0) is 18.3 Å². The number of nitrogens with zero attached hydrogens (tertiary/aromatic N) is 3. The molecule has 2 aromatic carbocycles. The van der Waals surface area contributed by atoms with Gasteiger partial charge in [0.15, 0.2) is 24.1 Å². The van der Waals surface area contributed by atoms with Crippen LogP contribution in [0.15, 0.2) is 90.1 Å². The Morgan fingerprint density at radius 1 is 0.895 bits per heavy atom. The Kier molecular flexibility index (Phi) is 10.5. The molecule has 0 spiro atoms. The highest BCUT2D eigenvalue weighted by Crippen LogP contribution is 2.46. The topological polar surface area (TPSA) is 33.8 Å². The van der Waals surface area contributed by atoms with Gasteiger partial charge in [0, 0.05) is 57.3 Å². The molecule has 4 aromatic heterocycles. The minimum absolute atomic E-state index is 0.0855. The smallest absolute Gasteiger partial charge is 0.227 e. The summed E-state index contributed by atoms with van der Waals surface area (Å²) >= 11 is 0. The molecule has 0 saturated carbocycles. The summed E-state index contributed by atoms with van der Waals surface area (Å²) < 4.78 is 11.8. The maximum absolute atomic E-state index is 6.71. The van der Waals surface area contributed by atoms with Crippen LogP contribution in [0.2, 0.25) is 19.6 Å². The maximum atomic E-state index is 6.71. The molecule has 2 unspecified atom stereocenters. The van der Waals surface area contributed by atoms with E-state index in [1.54, 1.807) is 5.19 Å². The van der Waals surface area contributed by atoms with Gasteiger partial charge in [0.25, 0.3) is 0 Å². The minimum atomic E-state index is -1.67. The summed E-state index contributed by atoms with van der Waals surface area (Å²) in [6.45, 7) is 28.8. The van der Waals surface area contributed by atoms with Gasteiger partial charge >= 0.3 is 0 Å². The molecule has 6 aromatic rings. The van der Waals surface area contributed by atoms with Crippen molar-refractivity contribution < 1.29 is 13.6 Å². The van der Waals surface area contributed by atoms with Crippen molar-refractivity contribution in [1.82, 2.24) is 4.98 Å². The zero-order chi connectivity index (χ0) is 40.4. The van der Waals surface area contributed by atoms with Crippen molar-refractivity contribution in [2.24, 2.45) is 5.92 Å². The fraction of sp³-hybridized carbons (Fsp3) is 0.442. The Labute approximate surface area is 343 Å². The Bertz CT molecular complexity index is 2490. The first-order chi connectivity index (χ1) is 27.3. The third kappa shape index (κ3) is 6.92. The monoisotopic (exact) mass is 775 g/mol. The van der Waals surface area contributed by atoms with E-state index in [1.807, 2.05) is 0 Å². The molecule has 0 aliphatic carbocycles. The van der Waals surface area contributed by atoms with Crippen LogP contribution < -0.4 is 14.3 Å². The summed E-state index contributed by atoms with van der Waals surface area (Å²) in [5, 5.41) is 3.83. The molecule has 0 saturated heterocycles. The second-order valence-corrected chi connectivity index (χ2v) is 24.1. The van der Waals surface area contributed by atoms with E-state index in [9.17, 15) is 0 Å². The standard InChI is InChI=1S/C52H65N3OSi/c1-12-35(13-2)45-23-22-42-44-31-43-36(29-49(44)56-51(42)53-45)20-21-41-39-18-16-17-19-40(39)47-28-37(26-33(5)6)50(57(9,10)11)32-55(47)46(41)27-34(7)54-25-24-38(30-48(43)54)52(8,14-3)15-4/h16-19,22-25,28-33,35,41,46H,7,12-15,20-21,26-27H2,1-6,8-11H3/q+2. The van der Waals surface area contributed by atoms with Gasteiger partial charge in [0.05, 0.1) is 20.1 Å². The minimum Gasteiger partial charge on any atom is -0.438 e. The number of hydrogen-bond donors (Lipinski definition) is 0. The van der Waals surface area contributed by atoms with Gasteiger partial charge in [-0.2, -0.15) is 9.13 Å². The number of allylic oxidation sites excluding steroid dienone is 1. The summed E-state index contributed by atoms with van der Waals surface area (Å²) in [5.41, 5.74) is 15.0. The summed E-state index contributed by atoms with van der Waals surface area (Å²) in [4.78, 5) is 5.13. The molecule has 0 bridgehead atoms. The third-order valence-electron chi connectivity index (χ3n) is 14.1. The molecule has 0 radical (unpaired) electrons. The number of aromatic nitrogens is 3. The molecule has 0 N–H and O–H groups in total. The van der Waals surface area contributed by atoms with Crippen LogP contribution in [-0.4, -0.2) is 13.1 Å². The van der Waals surface area contributed by atoms with E-state index in [0.717, 1.165) is 84.8 Å². The molecule has 6 heterocycles. The highest BCUT2D eigenvalue weighted by Gasteiger charge is 2.44. The molecular weight excluding hydrogens is 711 g/mol. The first-order valence-electron chi connectivity index (χ1n) is 22.1. The maximum Gasteiger partial charge on any atom is 0.227 e. The molecule has 4 nitrogen and oxygen atoms in total. The first-order valence-corrected chi connectivity index (χ1v) is 25.6. The lowest BCUT2D eigenvalue weighted by molar-refractivity contribution is -0.719. The molecule has 2 aliphatic rings. The van der Waals surface area contributed by atoms with Crippen molar-refractivity contribution in [1.29, 1.82) is 0 Å².